The Hall–Kier alpha value is -3.05. The summed E-state index contributed by atoms with van der Waals surface area (Å²) in [4.78, 5) is 0. The van der Waals surface area contributed by atoms with Crippen molar-refractivity contribution >= 4 is 11.8 Å². The highest BCUT2D eigenvalue weighted by Gasteiger charge is 2.15. The zero-order valence-electron chi connectivity index (χ0n) is 16.6. The number of aromatic nitrogens is 3. The van der Waals surface area contributed by atoms with Crippen LogP contribution in [0.3, 0.4) is 0 Å². The van der Waals surface area contributed by atoms with Crippen molar-refractivity contribution in [2.24, 2.45) is 0 Å². The highest BCUT2D eigenvalue weighted by molar-refractivity contribution is 7.98. The maximum atomic E-state index is 5.31. The van der Waals surface area contributed by atoms with Gasteiger partial charge in [0.05, 0.1) is 7.11 Å². The highest BCUT2D eigenvalue weighted by Crippen LogP contribution is 2.27. The quantitative estimate of drug-likeness (QED) is 0.385. The largest absolute Gasteiger partial charge is 0.497 e. The van der Waals surface area contributed by atoms with Crippen LogP contribution in [-0.4, -0.2) is 21.9 Å². The second-order valence-electron chi connectivity index (χ2n) is 6.87. The van der Waals surface area contributed by atoms with Gasteiger partial charge in [-0.3, -0.25) is 4.57 Å². The number of ether oxygens (including phenoxy) is 1. The first-order valence-corrected chi connectivity index (χ1v) is 10.5. The van der Waals surface area contributed by atoms with E-state index in [1.807, 2.05) is 30.3 Å². The lowest BCUT2D eigenvalue weighted by Crippen LogP contribution is -2.04. The minimum atomic E-state index is 0.727. The van der Waals surface area contributed by atoms with Crippen LogP contribution in [0.25, 0.3) is 5.69 Å². The van der Waals surface area contributed by atoms with E-state index in [0.29, 0.717) is 0 Å². The molecule has 1 aromatic heterocycles. The predicted molar refractivity (Wildman–Crippen MR) is 118 cm³/mol. The van der Waals surface area contributed by atoms with Gasteiger partial charge in [-0.2, -0.15) is 0 Å². The van der Waals surface area contributed by atoms with Crippen molar-refractivity contribution in [2.75, 3.05) is 7.11 Å². The van der Waals surface area contributed by atoms with Crippen LogP contribution >= 0.6 is 11.8 Å². The zero-order chi connectivity index (χ0) is 20.1. The first-order valence-electron chi connectivity index (χ1n) is 9.54. The molecule has 3 aromatic carbocycles. The monoisotopic (exact) mass is 401 g/mol. The number of aryl methyl sites for hydroxylation is 1. The van der Waals surface area contributed by atoms with E-state index in [0.717, 1.165) is 34.6 Å². The molecule has 146 valence electrons. The standard InChI is InChI=1S/C24H23N3OS/c1-18-7-6-10-20(15-18)17-29-24-26-25-23(16-19-8-4-3-5-9-19)27(24)21-11-13-22(28-2)14-12-21/h3-15H,16-17H2,1-2H3. The summed E-state index contributed by atoms with van der Waals surface area (Å²) in [5, 5.41) is 9.93. The minimum Gasteiger partial charge on any atom is -0.497 e. The van der Waals surface area contributed by atoms with Crippen LogP contribution in [0.2, 0.25) is 0 Å². The molecule has 0 saturated carbocycles. The number of thioether (sulfide) groups is 1. The van der Waals surface area contributed by atoms with Crippen LogP contribution in [0.1, 0.15) is 22.5 Å². The van der Waals surface area contributed by atoms with Crippen LogP contribution in [0.4, 0.5) is 0 Å². The average Bonchev–Trinajstić information content (AvgIpc) is 3.15. The minimum absolute atomic E-state index is 0.727. The summed E-state index contributed by atoms with van der Waals surface area (Å²) >= 11 is 1.70. The molecular weight excluding hydrogens is 378 g/mol. The van der Waals surface area contributed by atoms with Crippen LogP contribution in [-0.2, 0) is 12.2 Å². The summed E-state index contributed by atoms with van der Waals surface area (Å²) < 4.78 is 7.46. The fourth-order valence-electron chi connectivity index (χ4n) is 3.23. The Bertz CT molecular complexity index is 1070. The van der Waals surface area contributed by atoms with Crippen LogP contribution < -0.4 is 4.74 Å². The molecule has 29 heavy (non-hydrogen) atoms. The Morgan fingerprint density at radius 1 is 0.862 bits per heavy atom. The number of methoxy groups -OCH3 is 1. The Labute approximate surface area is 175 Å². The number of rotatable bonds is 7. The SMILES string of the molecule is COc1ccc(-n2c(Cc3ccccc3)nnc2SCc2cccc(C)c2)cc1. The van der Waals surface area contributed by atoms with Crippen LogP contribution in [0.15, 0.2) is 84.0 Å². The van der Waals surface area contributed by atoms with Crippen molar-refractivity contribution < 1.29 is 4.74 Å². The summed E-state index contributed by atoms with van der Waals surface area (Å²) in [6.45, 7) is 2.12. The second-order valence-corrected chi connectivity index (χ2v) is 7.81. The molecule has 0 aliphatic carbocycles. The molecule has 4 nitrogen and oxygen atoms in total. The molecule has 5 heteroatoms. The molecule has 0 atom stereocenters. The summed E-state index contributed by atoms with van der Waals surface area (Å²) in [6, 6.07) is 27.0. The lowest BCUT2D eigenvalue weighted by atomic mass is 10.1. The number of hydrogen-bond donors (Lipinski definition) is 0. The third-order valence-electron chi connectivity index (χ3n) is 4.69. The molecule has 1 heterocycles. The van der Waals surface area contributed by atoms with E-state index in [9.17, 15) is 0 Å². The summed E-state index contributed by atoms with van der Waals surface area (Å²) in [6.07, 6.45) is 0.727. The van der Waals surface area contributed by atoms with E-state index >= 15 is 0 Å². The van der Waals surface area contributed by atoms with Gasteiger partial charge in [-0.15, -0.1) is 10.2 Å². The van der Waals surface area contributed by atoms with Gasteiger partial charge in [0.25, 0.3) is 0 Å². The van der Waals surface area contributed by atoms with Crippen molar-refractivity contribution in [3.63, 3.8) is 0 Å². The first kappa shape index (κ1) is 19.3. The third-order valence-corrected chi connectivity index (χ3v) is 5.69. The average molecular weight is 402 g/mol. The molecule has 4 rings (SSSR count). The van der Waals surface area contributed by atoms with E-state index in [4.69, 9.17) is 4.74 Å². The molecular formula is C24H23N3OS. The van der Waals surface area contributed by atoms with Crippen molar-refractivity contribution in [1.82, 2.24) is 14.8 Å². The Balaban J connectivity index is 1.66. The number of nitrogens with zero attached hydrogens (tertiary/aromatic N) is 3. The molecule has 0 radical (unpaired) electrons. The fraction of sp³-hybridized carbons (Fsp3) is 0.167. The van der Waals surface area contributed by atoms with Gasteiger partial charge in [0.15, 0.2) is 5.16 Å². The van der Waals surface area contributed by atoms with E-state index < -0.39 is 0 Å². The molecule has 0 aliphatic heterocycles. The summed E-state index contributed by atoms with van der Waals surface area (Å²) in [5.74, 6) is 2.61. The van der Waals surface area contributed by atoms with Gasteiger partial charge >= 0.3 is 0 Å². The smallest absolute Gasteiger partial charge is 0.196 e. The van der Waals surface area contributed by atoms with E-state index in [-0.39, 0.29) is 0 Å². The molecule has 0 N–H and O–H groups in total. The van der Waals surface area contributed by atoms with Crippen LogP contribution in [0.5, 0.6) is 5.75 Å². The molecule has 4 aromatic rings. The number of benzene rings is 3. The Morgan fingerprint density at radius 2 is 1.62 bits per heavy atom. The second kappa shape index (κ2) is 8.97. The number of hydrogen-bond acceptors (Lipinski definition) is 4. The maximum Gasteiger partial charge on any atom is 0.196 e. The van der Waals surface area contributed by atoms with Gasteiger partial charge in [0, 0.05) is 17.9 Å². The zero-order valence-corrected chi connectivity index (χ0v) is 17.4. The fourth-order valence-corrected chi connectivity index (χ4v) is 4.14. The molecule has 0 amide bonds. The van der Waals surface area contributed by atoms with Crippen LogP contribution in [0, 0.1) is 6.92 Å². The lowest BCUT2D eigenvalue weighted by Gasteiger charge is -2.11. The molecule has 0 saturated heterocycles. The first-order chi connectivity index (χ1) is 14.2. The summed E-state index contributed by atoms with van der Waals surface area (Å²) in [7, 11) is 1.68. The molecule has 0 aliphatic rings. The van der Waals surface area contributed by atoms with Crippen molar-refractivity contribution in [1.29, 1.82) is 0 Å². The van der Waals surface area contributed by atoms with Crippen molar-refractivity contribution in [3.8, 4) is 11.4 Å². The van der Waals surface area contributed by atoms with E-state index in [1.54, 1.807) is 18.9 Å². The van der Waals surface area contributed by atoms with Gasteiger partial charge < -0.3 is 4.74 Å². The normalized spacial score (nSPS) is 10.8. The highest BCUT2D eigenvalue weighted by atomic mass is 32.2. The topological polar surface area (TPSA) is 39.9 Å². The predicted octanol–water partition coefficient (Wildman–Crippen LogP) is 5.47. The van der Waals surface area contributed by atoms with Gasteiger partial charge in [0.1, 0.15) is 11.6 Å². The maximum absolute atomic E-state index is 5.31. The van der Waals surface area contributed by atoms with Gasteiger partial charge in [-0.05, 0) is 42.3 Å². The summed E-state index contributed by atoms with van der Waals surface area (Å²) in [5.41, 5.74) is 4.80. The molecule has 0 bridgehead atoms. The Kier molecular flexibility index (Phi) is 5.96. The molecule has 0 fully saturated rings. The molecule has 0 spiro atoms. The van der Waals surface area contributed by atoms with E-state index in [1.165, 1.54) is 16.7 Å². The lowest BCUT2D eigenvalue weighted by molar-refractivity contribution is 0.414. The van der Waals surface area contributed by atoms with Gasteiger partial charge in [0.2, 0.25) is 0 Å². The molecule has 0 unspecified atom stereocenters. The van der Waals surface area contributed by atoms with Crippen molar-refractivity contribution in [3.05, 3.63) is 101 Å². The Morgan fingerprint density at radius 3 is 2.34 bits per heavy atom. The van der Waals surface area contributed by atoms with Gasteiger partial charge in [-0.25, -0.2) is 0 Å². The van der Waals surface area contributed by atoms with Crippen molar-refractivity contribution in [2.45, 2.75) is 24.3 Å². The van der Waals surface area contributed by atoms with Gasteiger partial charge in [-0.1, -0.05) is 71.9 Å². The van der Waals surface area contributed by atoms with E-state index in [2.05, 4.69) is 70.2 Å². The third kappa shape index (κ3) is 4.69.